The molecule has 1 rings (SSSR count). The van der Waals surface area contributed by atoms with Crippen LogP contribution in [0.5, 0.6) is 0 Å². The van der Waals surface area contributed by atoms with Crippen LogP contribution in [0.25, 0.3) is 0 Å². The second-order valence-electron chi connectivity index (χ2n) is 3.19. The Morgan fingerprint density at radius 2 is 2.38 bits per heavy atom. The highest BCUT2D eigenvalue weighted by Gasteiger charge is 2.26. The number of hydrogen-bond donors (Lipinski definition) is 2. The lowest BCUT2D eigenvalue weighted by molar-refractivity contribution is -0.134. The first-order valence-electron chi connectivity index (χ1n) is 4.36. The molecule has 4 nitrogen and oxygen atoms in total. The fraction of sp³-hybridized carbons (Fsp3) is 0.556. The van der Waals surface area contributed by atoms with Crippen LogP contribution in [-0.4, -0.2) is 23.9 Å². The monoisotopic (exact) mass is 182 g/mol. The van der Waals surface area contributed by atoms with Crippen molar-refractivity contribution >= 4 is 11.8 Å². The van der Waals surface area contributed by atoms with Crippen LogP contribution in [0.4, 0.5) is 0 Å². The number of carbonyl (C=O) groups excluding carboxylic acids is 2. The predicted molar refractivity (Wildman–Crippen MR) is 49.0 cm³/mol. The number of imide groups is 1. The normalized spacial score (nSPS) is 25.2. The summed E-state index contributed by atoms with van der Waals surface area (Å²) in [6, 6.07) is -0.172. The van der Waals surface area contributed by atoms with E-state index in [1.807, 2.05) is 6.92 Å². The Morgan fingerprint density at radius 3 is 2.92 bits per heavy atom. The highest BCUT2D eigenvalue weighted by Crippen LogP contribution is 2.05. The molecule has 1 aliphatic heterocycles. The fourth-order valence-corrected chi connectivity index (χ4v) is 1.24. The van der Waals surface area contributed by atoms with Crippen LogP contribution in [0.2, 0.25) is 0 Å². The highest BCUT2D eigenvalue weighted by molar-refractivity contribution is 6.00. The van der Waals surface area contributed by atoms with E-state index < -0.39 is 0 Å². The first-order chi connectivity index (χ1) is 6.13. The van der Waals surface area contributed by atoms with Gasteiger partial charge in [-0.05, 0) is 13.3 Å². The minimum atomic E-state index is -0.259. The summed E-state index contributed by atoms with van der Waals surface area (Å²) in [5, 5.41) is 5.34. The van der Waals surface area contributed by atoms with Crippen LogP contribution in [0.15, 0.2) is 12.7 Å². The lowest BCUT2D eigenvalue weighted by atomic mass is 10.1. The van der Waals surface area contributed by atoms with Gasteiger partial charge in [0.1, 0.15) is 0 Å². The average Bonchev–Trinajstić information content (AvgIpc) is 2.09. The van der Waals surface area contributed by atoms with Gasteiger partial charge in [0, 0.05) is 12.5 Å². The quantitative estimate of drug-likeness (QED) is 0.475. The Morgan fingerprint density at radius 1 is 1.69 bits per heavy atom. The van der Waals surface area contributed by atoms with Gasteiger partial charge in [-0.1, -0.05) is 6.08 Å². The molecule has 1 saturated heterocycles. The Labute approximate surface area is 77.4 Å². The summed E-state index contributed by atoms with van der Waals surface area (Å²) >= 11 is 0. The van der Waals surface area contributed by atoms with Crippen molar-refractivity contribution in [3.8, 4) is 0 Å². The standard InChI is InChI=1S/C9H14N2O2/c1-3-6(2)10-7-4-5-8(12)11-9(7)13/h3,6-7,10H,1,4-5H2,2H3,(H,11,12,13). The van der Waals surface area contributed by atoms with E-state index in [9.17, 15) is 9.59 Å². The molecular weight excluding hydrogens is 168 g/mol. The lowest BCUT2D eigenvalue weighted by Gasteiger charge is -2.23. The predicted octanol–water partition coefficient (Wildman–Crippen LogP) is -0.0443. The third-order valence-corrected chi connectivity index (χ3v) is 2.06. The van der Waals surface area contributed by atoms with Crippen LogP contribution in [0, 0.1) is 0 Å². The topological polar surface area (TPSA) is 58.2 Å². The molecule has 2 unspecified atom stereocenters. The van der Waals surface area contributed by atoms with Crippen molar-refractivity contribution in [2.24, 2.45) is 0 Å². The van der Waals surface area contributed by atoms with E-state index in [4.69, 9.17) is 0 Å². The van der Waals surface area contributed by atoms with Crippen LogP contribution in [0.1, 0.15) is 19.8 Å². The number of amides is 2. The van der Waals surface area contributed by atoms with Gasteiger partial charge in [-0.15, -0.1) is 6.58 Å². The molecule has 4 heteroatoms. The van der Waals surface area contributed by atoms with E-state index in [1.165, 1.54) is 0 Å². The van der Waals surface area contributed by atoms with Gasteiger partial charge in [0.25, 0.3) is 0 Å². The SMILES string of the molecule is C=CC(C)NC1CCC(=O)NC1=O. The first-order valence-corrected chi connectivity index (χ1v) is 4.36. The molecule has 0 radical (unpaired) electrons. The number of carbonyl (C=O) groups is 2. The van der Waals surface area contributed by atoms with Gasteiger partial charge in [-0.25, -0.2) is 0 Å². The van der Waals surface area contributed by atoms with Crippen LogP contribution in [-0.2, 0) is 9.59 Å². The van der Waals surface area contributed by atoms with E-state index in [-0.39, 0.29) is 23.9 Å². The van der Waals surface area contributed by atoms with Crippen molar-refractivity contribution in [1.82, 2.24) is 10.6 Å². The van der Waals surface area contributed by atoms with Crippen molar-refractivity contribution in [3.05, 3.63) is 12.7 Å². The van der Waals surface area contributed by atoms with Crippen molar-refractivity contribution < 1.29 is 9.59 Å². The zero-order chi connectivity index (χ0) is 9.84. The molecule has 2 amide bonds. The summed E-state index contributed by atoms with van der Waals surface area (Å²) in [6.45, 7) is 5.52. The number of hydrogen-bond acceptors (Lipinski definition) is 3. The zero-order valence-corrected chi connectivity index (χ0v) is 7.67. The third kappa shape index (κ3) is 2.66. The van der Waals surface area contributed by atoms with Gasteiger partial charge in [-0.2, -0.15) is 0 Å². The summed E-state index contributed by atoms with van der Waals surface area (Å²) in [5.74, 6) is -0.417. The van der Waals surface area contributed by atoms with E-state index in [2.05, 4.69) is 17.2 Å². The molecule has 0 aliphatic carbocycles. The molecule has 1 aliphatic rings. The maximum absolute atomic E-state index is 11.2. The fourth-order valence-electron chi connectivity index (χ4n) is 1.24. The zero-order valence-electron chi connectivity index (χ0n) is 7.67. The average molecular weight is 182 g/mol. The third-order valence-electron chi connectivity index (χ3n) is 2.06. The van der Waals surface area contributed by atoms with Gasteiger partial charge in [0.2, 0.25) is 11.8 Å². The minimum Gasteiger partial charge on any atom is -0.300 e. The molecule has 1 heterocycles. The second-order valence-corrected chi connectivity index (χ2v) is 3.19. The smallest absolute Gasteiger partial charge is 0.243 e. The molecule has 1 fully saturated rings. The van der Waals surface area contributed by atoms with Crippen molar-refractivity contribution in [2.75, 3.05) is 0 Å². The van der Waals surface area contributed by atoms with Gasteiger partial charge in [0.15, 0.2) is 0 Å². The van der Waals surface area contributed by atoms with Crippen LogP contribution < -0.4 is 10.6 Å². The van der Waals surface area contributed by atoms with Gasteiger partial charge >= 0.3 is 0 Å². The number of rotatable bonds is 3. The molecule has 0 aromatic carbocycles. The Bertz CT molecular complexity index is 238. The van der Waals surface area contributed by atoms with Gasteiger partial charge in [0.05, 0.1) is 6.04 Å². The Hall–Kier alpha value is -1.16. The lowest BCUT2D eigenvalue weighted by Crippen LogP contribution is -2.52. The summed E-state index contributed by atoms with van der Waals surface area (Å²) in [6.07, 6.45) is 2.71. The molecule has 0 saturated carbocycles. The second kappa shape index (κ2) is 4.18. The molecule has 0 aromatic rings. The van der Waals surface area contributed by atoms with E-state index in [0.29, 0.717) is 12.8 Å². The van der Waals surface area contributed by atoms with Crippen molar-refractivity contribution in [2.45, 2.75) is 31.8 Å². The first kappa shape index (κ1) is 9.92. The van der Waals surface area contributed by atoms with E-state index in [0.717, 1.165) is 0 Å². The van der Waals surface area contributed by atoms with Crippen molar-refractivity contribution in [1.29, 1.82) is 0 Å². The summed E-state index contributed by atoms with van der Waals surface area (Å²) in [7, 11) is 0. The largest absolute Gasteiger partial charge is 0.300 e. The summed E-state index contributed by atoms with van der Waals surface area (Å²) < 4.78 is 0. The molecule has 2 atom stereocenters. The van der Waals surface area contributed by atoms with Gasteiger partial charge in [-0.3, -0.25) is 20.2 Å². The summed E-state index contributed by atoms with van der Waals surface area (Å²) in [5.41, 5.74) is 0. The molecular formula is C9H14N2O2. The number of nitrogens with one attached hydrogen (secondary N) is 2. The van der Waals surface area contributed by atoms with E-state index in [1.54, 1.807) is 6.08 Å². The maximum atomic E-state index is 11.2. The van der Waals surface area contributed by atoms with Crippen LogP contribution >= 0.6 is 0 Å². The highest BCUT2D eigenvalue weighted by atomic mass is 16.2. The van der Waals surface area contributed by atoms with Crippen LogP contribution in [0.3, 0.4) is 0 Å². The summed E-state index contributed by atoms with van der Waals surface area (Å²) in [4.78, 5) is 22.0. The minimum absolute atomic E-state index is 0.0870. The molecule has 0 spiro atoms. The maximum Gasteiger partial charge on any atom is 0.243 e. The molecule has 13 heavy (non-hydrogen) atoms. The Balaban J connectivity index is 2.47. The molecule has 0 bridgehead atoms. The molecule has 2 N–H and O–H groups in total. The van der Waals surface area contributed by atoms with E-state index >= 15 is 0 Å². The van der Waals surface area contributed by atoms with Gasteiger partial charge < -0.3 is 0 Å². The molecule has 0 aromatic heterocycles. The number of piperidine rings is 1. The molecule has 72 valence electrons. The Kier molecular flexibility index (Phi) is 3.19. The van der Waals surface area contributed by atoms with Crippen molar-refractivity contribution in [3.63, 3.8) is 0 Å².